The molecule has 278 valence electrons. The number of fused-ring (bicyclic) bond motifs is 12. The van der Waals surface area contributed by atoms with Gasteiger partial charge in [0.25, 0.3) is 0 Å². The van der Waals surface area contributed by atoms with Crippen molar-refractivity contribution in [2.75, 3.05) is 0 Å². The fourth-order valence-corrected chi connectivity index (χ4v) is 10.8. The van der Waals surface area contributed by atoms with E-state index in [1.807, 2.05) is 0 Å². The van der Waals surface area contributed by atoms with E-state index in [0.29, 0.717) is 0 Å². The highest BCUT2D eigenvalue weighted by Gasteiger charge is 2.50. The number of hydrogen-bond donors (Lipinski definition) is 0. The number of hydrogen-bond acceptors (Lipinski definition) is 2. The van der Waals surface area contributed by atoms with E-state index in [1.165, 1.54) is 72.3 Å². The van der Waals surface area contributed by atoms with Crippen LogP contribution in [0.1, 0.15) is 58.4 Å². The predicted octanol–water partition coefficient (Wildman–Crippen LogP) is 13.7. The van der Waals surface area contributed by atoms with Crippen molar-refractivity contribution < 1.29 is 0 Å². The molecule has 9 aromatic rings. The van der Waals surface area contributed by atoms with E-state index in [4.69, 9.17) is 9.97 Å². The van der Waals surface area contributed by atoms with Crippen LogP contribution in [0, 0.1) is 0 Å². The summed E-state index contributed by atoms with van der Waals surface area (Å²) in [4.78, 5) is 10.9. The van der Waals surface area contributed by atoms with E-state index in [1.54, 1.807) is 0 Å². The predicted molar refractivity (Wildman–Crippen MR) is 241 cm³/mol. The summed E-state index contributed by atoms with van der Waals surface area (Å²) in [6, 6.07) is 71.3. The largest absolute Gasteiger partial charge is 0.228 e. The third-order valence-corrected chi connectivity index (χ3v) is 13.5. The summed E-state index contributed by atoms with van der Waals surface area (Å²) in [6.45, 7) is 4.68. The van der Waals surface area contributed by atoms with Crippen LogP contribution in [0.5, 0.6) is 0 Å². The fourth-order valence-electron chi connectivity index (χ4n) is 10.8. The fraction of sp³-hybridized carbons (Fsp3) is 0.0877. The quantitative estimate of drug-likeness (QED) is 0.179. The topological polar surface area (TPSA) is 25.8 Å². The maximum absolute atomic E-state index is 5.48. The van der Waals surface area contributed by atoms with E-state index >= 15 is 0 Å². The molecule has 0 atom stereocenters. The van der Waals surface area contributed by atoms with E-state index in [-0.39, 0.29) is 5.41 Å². The number of benzene rings is 8. The van der Waals surface area contributed by atoms with Crippen molar-refractivity contribution in [3.63, 3.8) is 0 Å². The van der Waals surface area contributed by atoms with Gasteiger partial charge in [0.1, 0.15) is 0 Å². The molecule has 3 aliphatic carbocycles. The molecule has 59 heavy (non-hydrogen) atoms. The van der Waals surface area contributed by atoms with Crippen molar-refractivity contribution in [1.29, 1.82) is 0 Å². The first-order chi connectivity index (χ1) is 29.0. The number of aromatic nitrogens is 2. The van der Waals surface area contributed by atoms with E-state index in [0.717, 1.165) is 45.9 Å². The molecule has 1 aromatic heterocycles. The Morgan fingerprint density at radius 3 is 1.58 bits per heavy atom. The van der Waals surface area contributed by atoms with Gasteiger partial charge in [0.15, 0.2) is 5.82 Å². The van der Waals surface area contributed by atoms with Crippen LogP contribution < -0.4 is 0 Å². The average Bonchev–Trinajstić information content (AvgIpc) is 3.72. The summed E-state index contributed by atoms with van der Waals surface area (Å²) in [5.74, 6) is 0.722. The van der Waals surface area contributed by atoms with Gasteiger partial charge in [-0.25, -0.2) is 9.97 Å². The Kier molecular flexibility index (Phi) is 7.29. The molecule has 0 saturated heterocycles. The van der Waals surface area contributed by atoms with Gasteiger partial charge in [-0.15, -0.1) is 0 Å². The van der Waals surface area contributed by atoms with Crippen molar-refractivity contribution in [2.45, 2.75) is 31.1 Å². The second kappa shape index (κ2) is 12.7. The Bertz CT molecular complexity index is 3130. The van der Waals surface area contributed by atoms with Crippen molar-refractivity contribution in [3.8, 4) is 67.3 Å². The monoisotopic (exact) mass is 752 g/mol. The third-order valence-electron chi connectivity index (χ3n) is 13.5. The lowest BCUT2D eigenvalue weighted by Gasteiger charge is -2.41. The minimum Gasteiger partial charge on any atom is -0.228 e. The van der Waals surface area contributed by atoms with Crippen LogP contribution in [-0.4, -0.2) is 9.97 Å². The Balaban J connectivity index is 1.07. The molecular weight excluding hydrogens is 713 g/mol. The van der Waals surface area contributed by atoms with Crippen LogP contribution in [0.15, 0.2) is 194 Å². The number of rotatable bonds is 4. The molecule has 0 fully saturated rings. The standard InChI is InChI=1S/C57H40N2/c1-56(2)48-27-13-9-21-41(48)44-32-31-38(34-52(44)56)54-35-53(36-17-4-3-5-18-36)58-55(59-54)45-24-8-7-20-39(45)40-25-16-30-51-46(40)33-37-19-6-12-26-47(37)57(51)49-28-14-10-22-42(49)43-23-11-15-29-50(43)57/h3-32,34-35H,33H2,1-2H3. The van der Waals surface area contributed by atoms with Gasteiger partial charge in [0.05, 0.1) is 16.8 Å². The molecule has 0 saturated carbocycles. The molecule has 2 nitrogen and oxygen atoms in total. The van der Waals surface area contributed by atoms with Crippen molar-refractivity contribution in [2.24, 2.45) is 0 Å². The van der Waals surface area contributed by atoms with E-state index in [9.17, 15) is 0 Å². The summed E-state index contributed by atoms with van der Waals surface area (Å²) in [7, 11) is 0. The van der Waals surface area contributed by atoms with Crippen molar-refractivity contribution in [3.05, 3.63) is 239 Å². The van der Waals surface area contributed by atoms with Crippen molar-refractivity contribution in [1.82, 2.24) is 9.97 Å². The summed E-state index contributed by atoms with van der Waals surface area (Å²) in [6.07, 6.45) is 0.839. The summed E-state index contributed by atoms with van der Waals surface area (Å²) >= 11 is 0. The molecular formula is C57H40N2. The van der Waals surface area contributed by atoms with Crippen LogP contribution in [-0.2, 0) is 17.3 Å². The van der Waals surface area contributed by atoms with Crippen LogP contribution in [0.2, 0.25) is 0 Å². The second-order valence-electron chi connectivity index (χ2n) is 16.8. The van der Waals surface area contributed by atoms with Crippen LogP contribution >= 0.6 is 0 Å². The molecule has 12 rings (SSSR count). The minimum absolute atomic E-state index is 0.116. The van der Waals surface area contributed by atoms with E-state index in [2.05, 4.69) is 208 Å². The lowest BCUT2D eigenvalue weighted by atomic mass is 9.61. The summed E-state index contributed by atoms with van der Waals surface area (Å²) in [5, 5.41) is 0. The Labute approximate surface area is 345 Å². The molecule has 8 aromatic carbocycles. The summed E-state index contributed by atoms with van der Waals surface area (Å²) < 4.78 is 0. The van der Waals surface area contributed by atoms with Crippen molar-refractivity contribution >= 4 is 0 Å². The zero-order valence-electron chi connectivity index (χ0n) is 33.1. The molecule has 2 heteroatoms. The Morgan fingerprint density at radius 1 is 0.356 bits per heavy atom. The zero-order valence-corrected chi connectivity index (χ0v) is 33.1. The highest BCUT2D eigenvalue weighted by molar-refractivity contribution is 5.91. The smallest absolute Gasteiger partial charge is 0.161 e. The van der Waals surface area contributed by atoms with Gasteiger partial charge >= 0.3 is 0 Å². The van der Waals surface area contributed by atoms with Gasteiger partial charge in [0.2, 0.25) is 0 Å². The molecule has 3 aliphatic rings. The molecule has 0 bridgehead atoms. The van der Waals surface area contributed by atoms with Gasteiger partial charge < -0.3 is 0 Å². The first kappa shape index (κ1) is 33.9. The molecule has 1 heterocycles. The summed E-state index contributed by atoms with van der Waals surface area (Å²) in [5.41, 5.74) is 22.9. The third kappa shape index (κ3) is 4.81. The first-order valence-corrected chi connectivity index (χ1v) is 20.7. The first-order valence-electron chi connectivity index (χ1n) is 20.7. The molecule has 0 radical (unpaired) electrons. The maximum atomic E-state index is 5.48. The Hall–Kier alpha value is -7.16. The van der Waals surface area contributed by atoms with Gasteiger partial charge in [-0.2, -0.15) is 0 Å². The SMILES string of the molecule is CC1(C)c2ccccc2-c2ccc(-c3cc(-c4ccccc4)nc(-c4ccccc4-c4cccc5c4Cc4ccccc4C54c5ccccc5-c5ccccc54)n3)cc21. The zero-order chi connectivity index (χ0) is 39.3. The normalized spacial score (nSPS) is 14.5. The van der Waals surface area contributed by atoms with Crippen LogP contribution in [0.25, 0.3) is 67.3 Å². The van der Waals surface area contributed by atoms with E-state index < -0.39 is 5.41 Å². The molecule has 0 amide bonds. The maximum Gasteiger partial charge on any atom is 0.161 e. The molecule has 0 aliphatic heterocycles. The lowest BCUT2D eigenvalue weighted by Crippen LogP contribution is -2.34. The van der Waals surface area contributed by atoms with Gasteiger partial charge in [-0.3, -0.25) is 0 Å². The second-order valence-corrected chi connectivity index (χ2v) is 16.8. The van der Waals surface area contributed by atoms with Crippen LogP contribution in [0.4, 0.5) is 0 Å². The average molecular weight is 753 g/mol. The lowest BCUT2D eigenvalue weighted by molar-refractivity contribution is 0.660. The number of nitrogens with zero attached hydrogens (tertiary/aromatic N) is 2. The molecule has 0 unspecified atom stereocenters. The Morgan fingerprint density at radius 2 is 0.864 bits per heavy atom. The minimum atomic E-state index is -0.430. The molecule has 0 N–H and O–H groups in total. The highest BCUT2D eigenvalue weighted by Crippen LogP contribution is 2.60. The van der Waals surface area contributed by atoms with Gasteiger partial charge in [0, 0.05) is 22.1 Å². The van der Waals surface area contributed by atoms with Crippen LogP contribution in [0.3, 0.4) is 0 Å². The molecule has 1 spiro atoms. The van der Waals surface area contributed by atoms with Gasteiger partial charge in [-0.1, -0.05) is 196 Å². The van der Waals surface area contributed by atoms with Gasteiger partial charge in [-0.05, 0) is 96.4 Å². The highest BCUT2D eigenvalue weighted by atomic mass is 14.9.